The summed E-state index contributed by atoms with van der Waals surface area (Å²) in [6.45, 7) is 0.0522. The van der Waals surface area contributed by atoms with E-state index in [1.165, 1.54) is 17.1 Å². The Balaban J connectivity index is 1.67. The molecule has 1 aromatic heterocycles. The number of benzene rings is 1. The molecule has 1 atom stereocenters. The highest BCUT2D eigenvalue weighted by atomic mass is 19.1. The molecule has 1 fully saturated rings. The molecule has 24 heavy (non-hydrogen) atoms. The van der Waals surface area contributed by atoms with Crippen LogP contribution in [0.3, 0.4) is 0 Å². The first-order chi connectivity index (χ1) is 11.5. The van der Waals surface area contributed by atoms with E-state index in [4.69, 9.17) is 0 Å². The summed E-state index contributed by atoms with van der Waals surface area (Å²) in [5, 5.41) is 6.66. The topological polar surface area (TPSA) is 80.1 Å². The van der Waals surface area contributed by atoms with Gasteiger partial charge in [0.05, 0.1) is 12.5 Å². The molecule has 2 heterocycles. The first-order valence-electron chi connectivity index (χ1n) is 7.32. The number of aryl methyl sites for hydroxylation is 1. The molecule has 0 radical (unpaired) electrons. The highest BCUT2D eigenvalue weighted by Crippen LogP contribution is 2.29. The number of carbonyl (C=O) groups is 2. The molecule has 2 amide bonds. The number of anilines is 1. The van der Waals surface area contributed by atoms with Gasteiger partial charge in [-0.15, -0.1) is 0 Å². The quantitative estimate of drug-likeness (QED) is 0.895. The maximum atomic E-state index is 13.8. The number of hydrogen-bond donors (Lipinski definition) is 1. The van der Waals surface area contributed by atoms with Gasteiger partial charge < -0.3 is 10.2 Å². The zero-order valence-corrected chi connectivity index (χ0v) is 12.9. The Hall–Kier alpha value is -2.84. The predicted molar refractivity (Wildman–Crippen MR) is 79.7 cm³/mol. The number of halogens is 2. The standard InChI is InChI=1S/C15H15F2N5O2/c1-21-8-19-12(20-21)6-18-15(24)9-5-13(23)22(7-9)14-10(16)3-2-4-11(14)17/h2-4,8-9H,5-7H2,1H3,(H,18,24)/t9-/m0/s1. The Morgan fingerprint density at radius 3 is 2.71 bits per heavy atom. The number of amides is 2. The van der Waals surface area contributed by atoms with Crippen molar-refractivity contribution < 1.29 is 18.4 Å². The highest BCUT2D eigenvalue weighted by Gasteiger charge is 2.37. The average Bonchev–Trinajstić information content (AvgIpc) is 3.11. The molecule has 3 rings (SSSR count). The molecule has 1 saturated heterocycles. The number of nitrogens with zero attached hydrogens (tertiary/aromatic N) is 4. The van der Waals surface area contributed by atoms with E-state index in [-0.39, 0.29) is 25.4 Å². The van der Waals surface area contributed by atoms with E-state index in [0.717, 1.165) is 17.0 Å². The number of hydrogen-bond acceptors (Lipinski definition) is 4. The van der Waals surface area contributed by atoms with Crippen molar-refractivity contribution in [2.45, 2.75) is 13.0 Å². The third-order valence-corrected chi connectivity index (χ3v) is 3.77. The molecule has 126 valence electrons. The zero-order valence-electron chi connectivity index (χ0n) is 12.9. The van der Waals surface area contributed by atoms with Gasteiger partial charge in [-0.1, -0.05) is 6.07 Å². The monoisotopic (exact) mass is 335 g/mol. The van der Waals surface area contributed by atoms with Crippen LogP contribution in [-0.4, -0.2) is 33.1 Å². The van der Waals surface area contributed by atoms with Crippen LogP contribution in [0.1, 0.15) is 12.2 Å². The molecule has 0 aliphatic carbocycles. The lowest BCUT2D eigenvalue weighted by Crippen LogP contribution is -2.33. The molecule has 1 aromatic carbocycles. The molecule has 1 N–H and O–H groups in total. The van der Waals surface area contributed by atoms with Crippen molar-refractivity contribution in [2.24, 2.45) is 13.0 Å². The summed E-state index contributed by atoms with van der Waals surface area (Å²) < 4.78 is 29.1. The number of nitrogens with one attached hydrogen (secondary N) is 1. The first kappa shape index (κ1) is 16.0. The molecule has 9 heteroatoms. The molecule has 2 aromatic rings. The fraction of sp³-hybridized carbons (Fsp3) is 0.333. The molecular formula is C15H15F2N5O2. The fourth-order valence-electron chi connectivity index (χ4n) is 2.62. The highest BCUT2D eigenvalue weighted by molar-refractivity contribution is 6.00. The summed E-state index contributed by atoms with van der Waals surface area (Å²) in [4.78, 5) is 29.2. The van der Waals surface area contributed by atoms with Gasteiger partial charge in [0.25, 0.3) is 0 Å². The Morgan fingerprint density at radius 1 is 1.38 bits per heavy atom. The van der Waals surface area contributed by atoms with Crippen LogP contribution in [0.15, 0.2) is 24.5 Å². The molecule has 0 saturated carbocycles. The third kappa shape index (κ3) is 3.10. The summed E-state index contributed by atoms with van der Waals surface area (Å²) in [5.41, 5.74) is -0.413. The summed E-state index contributed by atoms with van der Waals surface area (Å²) in [6.07, 6.45) is 1.40. The maximum absolute atomic E-state index is 13.8. The number of rotatable bonds is 4. The number of para-hydroxylation sites is 1. The second kappa shape index (κ2) is 6.34. The summed E-state index contributed by atoms with van der Waals surface area (Å²) in [5.74, 6) is -2.78. The fourth-order valence-corrected chi connectivity index (χ4v) is 2.62. The van der Waals surface area contributed by atoms with Gasteiger partial charge >= 0.3 is 0 Å². The second-order valence-electron chi connectivity index (χ2n) is 5.53. The van der Waals surface area contributed by atoms with Crippen molar-refractivity contribution in [3.8, 4) is 0 Å². The van der Waals surface area contributed by atoms with Gasteiger partial charge in [0, 0.05) is 20.0 Å². The minimum absolute atomic E-state index is 0.0713. The first-order valence-corrected chi connectivity index (χ1v) is 7.32. The van der Waals surface area contributed by atoms with Crippen LogP contribution < -0.4 is 10.2 Å². The van der Waals surface area contributed by atoms with Crippen molar-refractivity contribution in [3.05, 3.63) is 42.0 Å². The van der Waals surface area contributed by atoms with E-state index in [9.17, 15) is 18.4 Å². The van der Waals surface area contributed by atoms with Crippen molar-refractivity contribution in [1.82, 2.24) is 20.1 Å². The Labute approximate surface area is 136 Å². The van der Waals surface area contributed by atoms with Crippen molar-refractivity contribution in [2.75, 3.05) is 11.4 Å². The predicted octanol–water partition coefficient (Wildman–Crippen LogP) is 0.763. The van der Waals surface area contributed by atoms with Crippen molar-refractivity contribution >= 4 is 17.5 Å². The van der Waals surface area contributed by atoms with Gasteiger partial charge in [0.1, 0.15) is 23.6 Å². The van der Waals surface area contributed by atoms with Gasteiger partial charge in [-0.25, -0.2) is 13.8 Å². The van der Waals surface area contributed by atoms with E-state index >= 15 is 0 Å². The molecule has 0 unspecified atom stereocenters. The molecule has 1 aliphatic rings. The van der Waals surface area contributed by atoms with Crippen LogP contribution in [0.4, 0.5) is 14.5 Å². The molecule has 1 aliphatic heterocycles. The lowest BCUT2D eigenvalue weighted by Gasteiger charge is -2.18. The van der Waals surface area contributed by atoms with Crippen molar-refractivity contribution in [3.63, 3.8) is 0 Å². The van der Waals surface area contributed by atoms with Crippen LogP contribution in [0.5, 0.6) is 0 Å². The van der Waals surface area contributed by atoms with E-state index < -0.39 is 29.1 Å². The minimum Gasteiger partial charge on any atom is -0.348 e. The second-order valence-corrected chi connectivity index (χ2v) is 5.53. The van der Waals surface area contributed by atoms with Gasteiger partial charge in [0.2, 0.25) is 11.8 Å². The maximum Gasteiger partial charge on any atom is 0.228 e. The van der Waals surface area contributed by atoms with E-state index in [2.05, 4.69) is 15.4 Å². The SMILES string of the molecule is Cn1cnc(CNC(=O)[C@H]2CC(=O)N(c3c(F)cccc3F)C2)n1. The smallest absolute Gasteiger partial charge is 0.228 e. The summed E-state index contributed by atoms with van der Waals surface area (Å²) >= 11 is 0. The summed E-state index contributed by atoms with van der Waals surface area (Å²) in [7, 11) is 1.70. The van der Waals surface area contributed by atoms with Gasteiger partial charge in [-0.3, -0.25) is 14.3 Å². The lowest BCUT2D eigenvalue weighted by molar-refractivity contribution is -0.126. The molecule has 0 spiro atoms. The van der Waals surface area contributed by atoms with Gasteiger partial charge in [-0.2, -0.15) is 5.10 Å². The van der Waals surface area contributed by atoms with Crippen LogP contribution in [-0.2, 0) is 23.2 Å². The normalized spacial score (nSPS) is 17.4. The lowest BCUT2D eigenvalue weighted by atomic mass is 10.1. The number of aromatic nitrogens is 3. The van der Waals surface area contributed by atoms with Crippen LogP contribution >= 0.6 is 0 Å². The largest absolute Gasteiger partial charge is 0.348 e. The molecule has 7 nitrogen and oxygen atoms in total. The van der Waals surface area contributed by atoms with Crippen LogP contribution in [0.25, 0.3) is 0 Å². The third-order valence-electron chi connectivity index (χ3n) is 3.77. The Morgan fingerprint density at radius 2 is 2.08 bits per heavy atom. The minimum atomic E-state index is -0.831. The summed E-state index contributed by atoms with van der Waals surface area (Å²) in [6, 6.07) is 3.37. The Kier molecular flexibility index (Phi) is 4.24. The zero-order chi connectivity index (χ0) is 17.3. The van der Waals surface area contributed by atoms with Crippen LogP contribution in [0.2, 0.25) is 0 Å². The van der Waals surface area contributed by atoms with E-state index in [1.54, 1.807) is 7.05 Å². The van der Waals surface area contributed by atoms with E-state index in [1.807, 2.05) is 0 Å². The number of carbonyl (C=O) groups excluding carboxylic acids is 2. The van der Waals surface area contributed by atoms with Gasteiger partial charge in [-0.05, 0) is 12.1 Å². The van der Waals surface area contributed by atoms with Crippen LogP contribution in [0, 0.1) is 17.6 Å². The van der Waals surface area contributed by atoms with Gasteiger partial charge in [0.15, 0.2) is 5.82 Å². The van der Waals surface area contributed by atoms with Crippen molar-refractivity contribution in [1.29, 1.82) is 0 Å². The average molecular weight is 335 g/mol. The van der Waals surface area contributed by atoms with E-state index in [0.29, 0.717) is 5.82 Å². The Bertz CT molecular complexity index is 772. The molecular weight excluding hydrogens is 320 g/mol. The molecule has 0 bridgehead atoms.